The zero-order valence-electron chi connectivity index (χ0n) is 12.4. The quantitative estimate of drug-likeness (QED) is 0.524. The van der Waals surface area contributed by atoms with E-state index in [0.717, 1.165) is 10.5 Å². The van der Waals surface area contributed by atoms with Crippen LogP contribution in [0, 0.1) is 0 Å². The summed E-state index contributed by atoms with van der Waals surface area (Å²) in [5.41, 5.74) is 1.38. The minimum absolute atomic E-state index is 0.0542. The van der Waals surface area contributed by atoms with Crippen LogP contribution in [-0.2, 0) is 11.3 Å². The molecule has 0 saturated heterocycles. The van der Waals surface area contributed by atoms with Gasteiger partial charge in [-0.15, -0.1) is 11.8 Å². The second-order valence-corrected chi connectivity index (χ2v) is 5.50. The van der Waals surface area contributed by atoms with Crippen molar-refractivity contribution in [3.63, 3.8) is 0 Å². The van der Waals surface area contributed by atoms with E-state index in [4.69, 9.17) is 9.26 Å². The van der Waals surface area contributed by atoms with E-state index in [1.165, 1.54) is 11.8 Å². The van der Waals surface area contributed by atoms with Crippen LogP contribution in [0.3, 0.4) is 0 Å². The van der Waals surface area contributed by atoms with E-state index >= 15 is 0 Å². The van der Waals surface area contributed by atoms with Crippen LogP contribution in [0.4, 0.5) is 0 Å². The Morgan fingerprint density at radius 3 is 2.65 bits per heavy atom. The topological polar surface area (TPSA) is 65.2 Å². The Kier molecular flexibility index (Phi) is 4.73. The normalized spacial score (nSPS) is 10.5. The third kappa shape index (κ3) is 3.60. The van der Waals surface area contributed by atoms with E-state index in [2.05, 4.69) is 10.1 Å². The lowest BCUT2D eigenvalue weighted by molar-refractivity contribution is 0.0425. The van der Waals surface area contributed by atoms with Crippen LogP contribution >= 0.6 is 11.8 Å². The summed E-state index contributed by atoms with van der Waals surface area (Å²) in [5, 5.41) is 3.89. The van der Waals surface area contributed by atoms with E-state index in [-0.39, 0.29) is 12.5 Å². The van der Waals surface area contributed by atoms with Crippen molar-refractivity contribution in [1.29, 1.82) is 0 Å². The molecule has 0 atom stereocenters. The number of nitrogens with zero attached hydrogens (tertiary/aromatic N) is 2. The molecular weight excluding hydrogens is 312 g/mol. The summed E-state index contributed by atoms with van der Waals surface area (Å²) in [6.45, 7) is -0.0542. The lowest BCUT2D eigenvalue weighted by Crippen LogP contribution is -2.06. The first kappa shape index (κ1) is 15.3. The first-order valence-electron chi connectivity index (χ1n) is 6.96. The fraction of sp³-hybridized carbons (Fsp3) is 0.118. The maximum Gasteiger partial charge on any atom is 0.339 e. The van der Waals surface area contributed by atoms with Crippen molar-refractivity contribution in [2.75, 3.05) is 6.26 Å². The summed E-state index contributed by atoms with van der Waals surface area (Å²) in [7, 11) is 0. The van der Waals surface area contributed by atoms with Crippen LogP contribution in [0.15, 0.2) is 64.0 Å². The number of ether oxygens (including phenoxy) is 1. The van der Waals surface area contributed by atoms with Crippen molar-refractivity contribution in [2.45, 2.75) is 11.5 Å². The number of carbonyl (C=O) groups excluding carboxylic acids is 1. The summed E-state index contributed by atoms with van der Waals surface area (Å²) in [6, 6.07) is 16.8. The molecule has 0 N–H and O–H groups in total. The van der Waals surface area contributed by atoms with Crippen molar-refractivity contribution in [3.05, 3.63) is 66.1 Å². The van der Waals surface area contributed by atoms with Crippen LogP contribution < -0.4 is 0 Å². The maximum atomic E-state index is 12.1. The fourth-order valence-corrected chi connectivity index (χ4v) is 2.62. The van der Waals surface area contributed by atoms with Gasteiger partial charge in [-0.05, 0) is 18.4 Å². The molecule has 0 amide bonds. The van der Waals surface area contributed by atoms with Crippen molar-refractivity contribution < 1.29 is 14.1 Å². The van der Waals surface area contributed by atoms with Gasteiger partial charge in [0, 0.05) is 10.5 Å². The van der Waals surface area contributed by atoms with Crippen molar-refractivity contribution in [2.24, 2.45) is 0 Å². The number of esters is 1. The second-order valence-electron chi connectivity index (χ2n) is 4.65. The Bertz CT molecular complexity index is 802. The summed E-state index contributed by atoms with van der Waals surface area (Å²) < 4.78 is 10.4. The highest BCUT2D eigenvalue weighted by molar-refractivity contribution is 7.98. The number of rotatable bonds is 5. The van der Waals surface area contributed by atoms with Gasteiger partial charge in [0.05, 0.1) is 5.56 Å². The molecule has 0 aliphatic carbocycles. The first-order chi connectivity index (χ1) is 11.3. The van der Waals surface area contributed by atoms with Gasteiger partial charge in [0.2, 0.25) is 5.82 Å². The van der Waals surface area contributed by atoms with Gasteiger partial charge in [0.15, 0.2) is 6.61 Å². The average molecular weight is 326 g/mol. The molecule has 1 heterocycles. The molecular formula is C17H14N2O3S. The highest BCUT2D eigenvalue weighted by Gasteiger charge is 2.14. The Hall–Kier alpha value is -2.60. The van der Waals surface area contributed by atoms with Gasteiger partial charge in [-0.3, -0.25) is 0 Å². The lowest BCUT2D eigenvalue weighted by atomic mass is 10.2. The van der Waals surface area contributed by atoms with Gasteiger partial charge in [-0.1, -0.05) is 47.6 Å². The van der Waals surface area contributed by atoms with Crippen LogP contribution in [0.25, 0.3) is 11.4 Å². The Balaban J connectivity index is 1.67. The van der Waals surface area contributed by atoms with E-state index in [9.17, 15) is 4.79 Å². The van der Waals surface area contributed by atoms with E-state index in [1.54, 1.807) is 12.1 Å². The molecule has 0 bridgehead atoms. The summed E-state index contributed by atoms with van der Waals surface area (Å²) in [6.07, 6.45) is 1.91. The molecule has 5 nitrogen and oxygen atoms in total. The van der Waals surface area contributed by atoms with E-state index < -0.39 is 5.97 Å². The van der Waals surface area contributed by atoms with Gasteiger partial charge in [0.1, 0.15) is 0 Å². The van der Waals surface area contributed by atoms with Crippen LogP contribution in [0.5, 0.6) is 0 Å². The molecule has 0 aliphatic rings. The Morgan fingerprint density at radius 2 is 1.87 bits per heavy atom. The van der Waals surface area contributed by atoms with Gasteiger partial charge >= 0.3 is 5.97 Å². The highest BCUT2D eigenvalue weighted by Crippen LogP contribution is 2.21. The largest absolute Gasteiger partial charge is 0.452 e. The number of hydrogen-bond acceptors (Lipinski definition) is 6. The summed E-state index contributed by atoms with van der Waals surface area (Å²) >= 11 is 1.49. The standard InChI is InChI=1S/C17H14N2O3S/c1-23-14-10-6-5-9-13(14)17(20)21-11-15-18-16(19-22-15)12-7-3-2-4-8-12/h2-10H,11H2,1H3. The third-order valence-corrected chi connectivity index (χ3v) is 3.95. The monoisotopic (exact) mass is 326 g/mol. The lowest BCUT2D eigenvalue weighted by Gasteiger charge is -2.05. The van der Waals surface area contributed by atoms with Crippen LogP contribution in [0.1, 0.15) is 16.2 Å². The minimum atomic E-state index is -0.408. The molecule has 0 spiro atoms. The molecule has 0 aliphatic heterocycles. The predicted molar refractivity (Wildman–Crippen MR) is 87.1 cm³/mol. The van der Waals surface area contributed by atoms with Crippen molar-refractivity contribution in [1.82, 2.24) is 10.1 Å². The van der Waals surface area contributed by atoms with Crippen LogP contribution in [-0.4, -0.2) is 22.4 Å². The SMILES string of the molecule is CSc1ccccc1C(=O)OCc1nc(-c2ccccc2)no1. The van der Waals surface area contributed by atoms with Crippen LogP contribution in [0.2, 0.25) is 0 Å². The molecule has 0 unspecified atom stereocenters. The summed E-state index contributed by atoms with van der Waals surface area (Å²) in [5.74, 6) is 0.328. The number of aromatic nitrogens is 2. The maximum absolute atomic E-state index is 12.1. The predicted octanol–water partition coefficient (Wildman–Crippen LogP) is 3.82. The zero-order chi connectivity index (χ0) is 16.1. The second kappa shape index (κ2) is 7.11. The van der Waals surface area contributed by atoms with Gasteiger partial charge in [-0.25, -0.2) is 4.79 Å². The Morgan fingerprint density at radius 1 is 1.13 bits per heavy atom. The van der Waals surface area contributed by atoms with Crippen molar-refractivity contribution >= 4 is 17.7 Å². The number of thioether (sulfide) groups is 1. The summed E-state index contributed by atoms with van der Waals surface area (Å²) in [4.78, 5) is 17.2. The fourth-order valence-electron chi connectivity index (χ4n) is 2.04. The third-order valence-electron chi connectivity index (χ3n) is 3.15. The molecule has 1 aromatic heterocycles. The molecule has 2 aromatic carbocycles. The molecule has 6 heteroatoms. The van der Waals surface area contributed by atoms with E-state index in [1.807, 2.05) is 48.7 Å². The average Bonchev–Trinajstić information content (AvgIpc) is 3.09. The molecule has 0 radical (unpaired) electrons. The minimum Gasteiger partial charge on any atom is -0.452 e. The molecule has 3 rings (SSSR count). The molecule has 116 valence electrons. The highest BCUT2D eigenvalue weighted by atomic mass is 32.2. The molecule has 23 heavy (non-hydrogen) atoms. The zero-order valence-corrected chi connectivity index (χ0v) is 13.2. The first-order valence-corrected chi connectivity index (χ1v) is 8.18. The Labute approximate surface area is 137 Å². The smallest absolute Gasteiger partial charge is 0.339 e. The number of carbonyl (C=O) groups is 1. The van der Waals surface area contributed by atoms with E-state index in [0.29, 0.717) is 11.4 Å². The number of hydrogen-bond donors (Lipinski definition) is 0. The van der Waals surface area contributed by atoms with Gasteiger partial charge in [0.25, 0.3) is 5.89 Å². The van der Waals surface area contributed by atoms with Crippen molar-refractivity contribution in [3.8, 4) is 11.4 Å². The van der Waals surface area contributed by atoms with Gasteiger partial charge in [-0.2, -0.15) is 4.98 Å². The number of benzene rings is 2. The van der Waals surface area contributed by atoms with Gasteiger partial charge < -0.3 is 9.26 Å². The molecule has 0 fully saturated rings. The molecule has 0 saturated carbocycles. The molecule has 3 aromatic rings.